The summed E-state index contributed by atoms with van der Waals surface area (Å²) in [7, 11) is 3.46. The Labute approximate surface area is 82.3 Å². The number of hydrogen-bond donors (Lipinski definition) is 1. The van der Waals surface area contributed by atoms with Crippen molar-refractivity contribution in [3.63, 3.8) is 0 Å². The Balaban J connectivity index is 2.81. The Hall–Kier alpha value is -0.870. The molecule has 0 aromatic carbocycles. The smallest absolute Gasteiger partial charge is 0.236 e. The fourth-order valence-corrected chi connectivity index (χ4v) is 1.17. The van der Waals surface area contributed by atoms with Gasteiger partial charge >= 0.3 is 0 Å². The molecule has 72 valence electrons. The molecule has 4 nitrogen and oxygen atoms in total. The van der Waals surface area contributed by atoms with Gasteiger partial charge < -0.3 is 10.1 Å². The average molecular weight is 202 g/mol. The summed E-state index contributed by atoms with van der Waals surface area (Å²) in [6, 6.07) is 1.77. The maximum Gasteiger partial charge on any atom is 0.236 e. The second kappa shape index (κ2) is 4.99. The molecule has 1 aromatic heterocycles. The van der Waals surface area contributed by atoms with Crippen LogP contribution in [0.15, 0.2) is 6.07 Å². The summed E-state index contributed by atoms with van der Waals surface area (Å²) in [5, 5.41) is 10.9. The van der Waals surface area contributed by atoms with Crippen molar-refractivity contribution in [2.24, 2.45) is 0 Å². The van der Waals surface area contributed by atoms with E-state index in [-0.39, 0.29) is 0 Å². The number of likely N-dealkylation sites (N-methyl/N-ethyl adjacent to an activating group) is 1. The molecule has 0 amide bonds. The molecular formula is C8H12ClN3O. The van der Waals surface area contributed by atoms with E-state index in [4.69, 9.17) is 16.3 Å². The van der Waals surface area contributed by atoms with Crippen molar-refractivity contribution in [2.45, 2.75) is 6.42 Å². The second-order valence-corrected chi connectivity index (χ2v) is 2.94. The minimum atomic E-state index is 0.395. The number of ether oxygens (including phenoxy) is 1. The molecule has 1 aromatic rings. The molecule has 0 aliphatic heterocycles. The Morgan fingerprint density at radius 2 is 2.31 bits per heavy atom. The Morgan fingerprint density at radius 3 is 2.92 bits per heavy atom. The number of rotatable bonds is 4. The molecule has 13 heavy (non-hydrogen) atoms. The minimum Gasteiger partial charge on any atom is -0.480 e. The van der Waals surface area contributed by atoms with E-state index in [0.717, 1.165) is 18.5 Å². The van der Waals surface area contributed by atoms with Gasteiger partial charge in [0.2, 0.25) is 5.88 Å². The van der Waals surface area contributed by atoms with E-state index in [2.05, 4.69) is 15.5 Å². The molecule has 5 heteroatoms. The summed E-state index contributed by atoms with van der Waals surface area (Å²) >= 11 is 5.70. The van der Waals surface area contributed by atoms with Gasteiger partial charge in [0.25, 0.3) is 0 Å². The topological polar surface area (TPSA) is 47.0 Å². The number of nitrogens with zero attached hydrogens (tertiary/aromatic N) is 2. The Morgan fingerprint density at radius 1 is 1.54 bits per heavy atom. The van der Waals surface area contributed by atoms with Gasteiger partial charge in [0, 0.05) is 5.56 Å². The zero-order valence-electron chi connectivity index (χ0n) is 7.67. The molecule has 0 atom stereocenters. The SMILES string of the molecule is CNCCc1cc(Cl)nnc1OC. The van der Waals surface area contributed by atoms with Crippen LogP contribution in [0.3, 0.4) is 0 Å². The molecule has 0 radical (unpaired) electrons. The summed E-state index contributed by atoms with van der Waals surface area (Å²) in [5.74, 6) is 0.541. The summed E-state index contributed by atoms with van der Waals surface area (Å²) in [6.45, 7) is 0.860. The number of hydrogen-bond acceptors (Lipinski definition) is 4. The number of aromatic nitrogens is 2. The van der Waals surface area contributed by atoms with E-state index in [1.807, 2.05) is 7.05 Å². The van der Waals surface area contributed by atoms with Gasteiger partial charge in [0.15, 0.2) is 5.15 Å². The summed E-state index contributed by atoms with van der Waals surface area (Å²) in [6.07, 6.45) is 0.828. The summed E-state index contributed by atoms with van der Waals surface area (Å²) in [5.41, 5.74) is 0.969. The highest BCUT2D eigenvalue weighted by Crippen LogP contribution is 2.16. The molecule has 0 bridgehead atoms. The van der Waals surface area contributed by atoms with Crippen LogP contribution in [-0.4, -0.2) is 30.9 Å². The van der Waals surface area contributed by atoms with Crippen LogP contribution in [-0.2, 0) is 6.42 Å². The van der Waals surface area contributed by atoms with Gasteiger partial charge in [-0.15, -0.1) is 10.2 Å². The average Bonchev–Trinajstić information content (AvgIpc) is 2.15. The zero-order chi connectivity index (χ0) is 9.68. The molecule has 0 saturated heterocycles. The molecule has 0 aliphatic carbocycles. The molecular weight excluding hydrogens is 190 g/mol. The van der Waals surface area contributed by atoms with Crippen LogP contribution in [0.25, 0.3) is 0 Å². The molecule has 0 fully saturated rings. The van der Waals surface area contributed by atoms with Crippen molar-refractivity contribution < 1.29 is 4.74 Å². The Bertz CT molecular complexity index is 280. The highest BCUT2D eigenvalue weighted by atomic mass is 35.5. The fourth-order valence-electron chi connectivity index (χ4n) is 1.00. The van der Waals surface area contributed by atoms with Crippen molar-refractivity contribution in [3.05, 3.63) is 16.8 Å². The normalized spacial score (nSPS) is 10.1. The van der Waals surface area contributed by atoms with Crippen LogP contribution in [0.4, 0.5) is 0 Å². The van der Waals surface area contributed by atoms with Crippen LogP contribution >= 0.6 is 11.6 Å². The van der Waals surface area contributed by atoms with Gasteiger partial charge in [-0.05, 0) is 26.1 Å². The largest absolute Gasteiger partial charge is 0.480 e. The summed E-state index contributed by atoms with van der Waals surface area (Å²) in [4.78, 5) is 0. The first-order valence-corrected chi connectivity index (χ1v) is 4.36. The number of nitrogens with one attached hydrogen (secondary N) is 1. The third-order valence-corrected chi connectivity index (χ3v) is 1.83. The zero-order valence-corrected chi connectivity index (χ0v) is 8.43. The minimum absolute atomic E-state index is 0.395. The first kappa shape index (κ1) is 10.2. The highest BCUT2D eigenvalue weighted by molar-refractivity contribution is 6.29. The Kier molecular flexibility index (Phi) is 3.92. The quantitative estimate of drug-likeness (QED) is 0.787. The predicted octanol–water partition coefficient (Wildman–Crippen LogP) is 0.900. The van der Waals surface area contributed by atoms with E-state index >= 15 is 0 Å². The van der Waals surface area contributed by atoms with Gasteiger partial charge in [-0.1, -0.05) is 11.6 Å². The first-order valence-electron chi connectivity index (χ1n) is 3.98. The molecule has 0 saturated carbocycles. The molecule has 1 N–H and O–H groups in total. The van der Waals surface area contributed by atoms with Crippen LogP contribution in [0, 0.1) is 0 Å². The molecule has 0 aliphatic rings. The van der Waals surface area contributed by atoms with Crippen LogP contribution in [0.1, 0.15) is 5.56 Å². The molecule has 0 spiro atoms. The molecule has 0 unspecified atom stereocenters. The monoisotopic (exact) mass is 201 g/mol. The van der Waals surface area contributed by atoms with E-state index in [0.29, 0.717) is 11.0 Å². The van der Waals surface area contributed by atoms with Crippen molar-refractivity contribution in [3.8, 4) is 5.88 Å². The molecule has 1 heterocycles. The van der Waals surface area contributed by atoms with E-state index in [1.54, 1.807) is 13.2 Å². The molecule has 1 rings (SSSR count). The maximum absolute atomic E-state index is 5.70. The second-order valence-electron chi connectivity index (χ2n) is 2.56. The lowest BCUT2D eigenvalue weighted by molar-refractivity contribution is 0.386. The van der Waals surface area contributed by atoms with Gasteiger partial charge in [0.05, 0.1) is 7.11 Å². The van der Waals surface area contributed by atoms with E-state index < -0.39 is 0 Å². The standard InChI is InChI=1S/C8H12ClN3O/c1-10-4-3-6-5-7(9)11-12-8(6)13-2/h5,10H,3-4H2,1-2H3. The van der Waals surface area contributed by atoms with Crippen LogP contribution in [0.2, 0.25) is 5.15 Å². The van der Waals surface area contributed by atoms with Crippen LogP contribution in [0.5, 0.6) is 5.88 Å². The van der Waals surface area contributed by atoms with E-state index in [9.17, 15) is 0 Å². The number of methoxy groups -OCH3 is 1. The lowest BCUT2D eigenvalue weighted by Crippen LogP contribution is -2.11. The fraction of sp³-hybridized carbons (Fsp3) is 0.500. The van der Waals surface area contributed by atoms with Crippen molar-refractivity contribution in [2.75, 3.05) is 20.7 Å². The highest BCUT2D eigenvalue weighted by Gasteiger charge is 2.05. The lowest BCUT2D eigenvalue weighted by Gasteiger charge is -2.05. The predicted molar refractivity (Wildman–Crippen MR) is 51.2 cm³/mol. The number of halogens is 1. The van der Waals surface area contributed by atoms with E-state index in [1.165, 1.54) is 0 Å². The lowest BCUT2D eigenvalue weighted by atomic mass is 10.2. The van der Waals surface area contributed by atoms with Gasteiger partial charge in [-0.25, -0.2) is 0 Å². The third kappa shape index (κ3) is 2.82. The third-order valence-electron chi connectivity index (χ3n) is 1.64. The van der Waals surface area contributed by atoms with Gasteiger partial charge in [-0.3, -0.25) is 0 Å². The van der Waals surface area contributed by atoms with Gasteiger partial charge in [-0.2, -0.15) is 0 Å². The van der Waals surface area contributed by atoms with Gasteiger partial charge in [0.1, 0.15) is 0 Å². The van der Waals surface area contributed by atoms with Crippen molar-refractivity contribution in [1.82, 2.24) is 15.5 Å². The maximum atomic E-state index is 5.70. The van der Waals surface area contributed by atoms with Crippen molar-refractivity contribution >= 4 is 11.6 Å². The first-order chi connectivity index (χ1) is 6.27. The van der Waals surface area contributed by atoms with Crippen LogP contribution < -0.4 is 10.1 Å². The summed E-state index contributed by atoms with van der Waals surface area (Å²) < 4.78 is 5.04. The van der Waals surface area contributed by atoms with Crippen molar-refractivity contribution in [1.29, 1.82) is 0 Å².